The summed E-state index contributed by atoms with van der Waals surface area (Å²) in [5.74, 6) is -3.12. The number of benzene rings is 1. The zero-order chi connectivity index (χ0) is 28.2. The van der Waals surface area contributed by atoms with Crippen LogP contribution in [0.1, 0.15) is 36.2 Å². The number of hydrogen-bond acceptors (Lipinski definition) is 5. The maximum absolute atomic E-state index is 13.0. The largest absolute Gasteiger partial charge is 0.490 e. The van der Waals surface area contributed by atoms with Crippen molar-refractivity contribution in [2.45, 2.75) is 32.6 Å². The molecule has 0 aromatic heterocycles. The second kappa shape index (κ2) is 14.8. The van der Waals surface area contributed by atoms with Gasteiger partial charge >= 0.3 is 18.3 Å². The molecule has 0 aliphatic carbocycles. The predicted molar refractivity (Wildman–Crippen MR) is 123 cm³/mol. The van der Waals surface area contributed by atoms with Crippen molar-refractivity contribution in [3.63, 3.8) is 0 Å². The third kappa shape index (κ3) is 11.4. The molecule has 1 fully saturated rings. The van der Waals surface area contributed by atoms with E-state index in [-0.39, 0.29) is 30.3 Å². The monoisotopic (exact) mass is 542 g/mol. The number of carboxylic acids is 1. The van der Waals surface area contributed by atoms with Crippen molar-refractivity contribution in [2.75, 3.05) is 58.9 Å². The van der Waals surface area contributed by atoms with Crippen LogP contribution in [0.4, 0.5) is 26.3 Å². The van der Waals surface area contributed by atoms with E-state index in [0.717, 1.165) is 38.3 Å². The van der Waals surface area contributed by atoms with Crippen LogP contribution in [0.25, 0.3) is 0 Å². The van der Waals surface area contributed by atoms with E-state index in [1.54, 1.807) is 9.80 Å². The quantitative estimate of drug-likeness (QED) is 0.467. The van der Waals surface area contributed by atoms with E-state index in [0.29, 0.717) is 26.2 Å². The first kappa shape index (κ1) is 32.2. The first-order valence-electron chi connectivity index (χ1n) is 11.7. The Kier molecular flexibility index (Phi) is 12.8. The van der Waals surface area contributed by atoms with Crippen molar-refractivity contribution in [3.8, 4) is 0 Å². The summed E-state index contributed by atoms with van der Waals surface area (Å²) in [4.78, 5) is 39.9. The van der Waals surface area contributed by atoms with Crippen molar-refractivity contribution in [1.82, 2.24) is 20.0 Å². The molecule has 14 heteroatoms. The fourth-order valence-corrected chi connectivity index (χ4v) is 3.40. The molecule has 1 aliphatic rings. The van der Waals surface area contributed by atoms with E-state index in [1.807, 2.05) is 13.8 Å². The average molecular weight is 543 g/mol. The summed E-state index contributed by atoms with van der Waals surface area (Å²) in [5, 5.41) is 10.3. The lowest BCUT2D eigenvalue weighted by Gasteiger charge is -2.30. The van der Waals surface area contributed by atoms with Gasteiger partial charge in [-0.15, -0.1) is 0 Å². The van der Waals surface area contributed by atoms with Crippen molar-refractivity contribution in [2.24, 2.45) is 0 Å². The first-order chi connectivity index (χ1) is 17.2. The van der Waals surface area contributed by atoms with Gasteiger partial charge in [0.1, 0.15) is 0 Å². The van der Waals surface area contributed by atoms with Gasteiger partial charge < -0.3 is 25.1 Å². The van der Waals surface area contributed by atoms with Crippen LogP contribution in [0.5, 0.6) is 0 Å². The molecule has 2 N–H and O–H groups in total. The smallest absolute Gasteiger partial charge is 0.475 e. The van der Waals surface area contributed by atoms with Gasteiger partial charge in [0.25, 0.3) is 5.91 Å². The number of likely N-dealkylation sites (N-methyl/N-ethyl adjacent to an activating group) is 1. The SMILES string of the molecule is CCN(CC)CCN(CCC(=O)N1CCNCC1)C(=O)c1ccc(C(F)(F)F)cc1.O=C(O)C(F)(F)F. The van der Waals surface area contributed by atoms with Crippen molar-refractivity contribution in [1.29, 1.82) is 0 Å². The predicted octanol–water partition coefficient (Wildman–Crippen LogP) is 2.94. The van der Waals surface area contributed by atoms with Crippen LogP contribution in [-0.4, -0.2) is 103 Å². The summed E-state index contributed by atoms with van der Waals surface area (Å²) in [6.45, 7) is 9.80. The summed E-state index contributed by atoms with van der Waals surface area (Å²) < 4.78 is 70.2. The highest BCUT2D eigenvalue weighted by atomic mass is 19.4. The number of carbonyl (C=O) groups excluding carboxylic acids is 2. The number of rotatable bonds is 9. The molecule has 2 rings (SSSR count). The highest BCUT2D eigenvalue weighted by Crippen LogP contribution is 2.29. The van der Waals surface area contributed by atoms with Crippen LogP contribution < -0.4 is 5.32 Å². The molecular formula is C23H32F6N4O4. The van der Waals surface area contributed by atoms with Gasteiger partial charge in [0.05, 0.1) is 5.56 Å². The van der Waals surface area contributed by atoms with E-state index >= 15 is 0 Å². The molecule has 1 aromatic rings. The second-order valence-corrected chi connectivity index (χ2v) is 8.08. The number of carboxylic acid groups (broad SMARTS) is 1. The topological polar surface area (TPSA) is 93.2 Å². The maximum atomic E-state index is 13.0. The van der Waals surface area contributed by atoms with Crippen LogP contribution in [0, 0.1) is 0 Å². The van der Waals surface area contributed by atoms with E-state index < -0.39 is 23.9 Å². The highest BCUT2D eigenvalue weighted by Gasteiger charge is 2.38. The van der Waals surface area contributed by atoms with Gasteiger partial charge in [-0.25, -0.2) is 4.79 Å². The molecular weight excluding hydrogens is 510 g/mol. The molecule has 1 aliphatic heterocycles. The Morgan fingerprint density at radius 3 is 1.86 bits per heavy atom. The van der Waals surface area contributed by atoms with Gasteiger partial charge in [0.2, 0.25) is 5.91 Å². The zero-order valence-corrected chi connectivity index (χ0v) is 20.7. The van der Waals surface area contributed by atoms with Crippen LogP contribution in [0.3, 0.4) is 0 Å². The highest BCUT2D eigenvalue weighted by molar-refractivity contribution is 5.94. The summed E-state index contributed by atoms with van der Waals surface area (Å²) in [6.07, 6.45) is -9.33. The lowest BCUT2D eigenvalue weighted by molar-refractivity contribution is -0.192. The standard InChI is InChI=1S/C21H31F3N4O2.C2HF3O2/c1-3-26(4-2)15-16-28(12-9-19(29)27-13-10-25-11-14-27)20(30)17-5-7-18(8-6-17)21(22,23)24;3-2(4,5)1(6)7/h5-8,25H,3-4,9-16H2,1-2H3;(H,6,7). The van der Waals surface area contributed by atoms with Gasteiger partial charge in [0, 0.05) is 57.8 Å². The Morgan fingerprint density at radius 2 is 1.43 bits per heavy atom. The van der Waals surface area contributed by atoms with Crippen molar-refractivity contribution < 1.29 is 45.8 Å². The number of piperazine rings is 1. The van der Waals surface area contributed by atoms with Crippen LogP contribution in [0.2, 0.25) is 0 Å². The third-order valence-electron chi connectivity index (χ3n) is 5.63. The van der Waals surface area contributed by atoms with Crippen LogP contribution >= 0.6 is 0 Å². The van der Waals surface area contributed by atoms with Crippen LogP contribution in [0.15, 0.2) is 24.3 Å². The molecule has 0 atom stereocenters. The van der Waals surface area contributed by atoms with E-state index in [2.05, 4.69) is 10.2 Å². The van der Waals surface area contributed by atoms with Crippen LogP contribution in [-0.2, 0) is 15.8 Å². The Bertz CT molecular complexity index is 867. The Morgan fingerprint density at radius 1 is 0.919 bits per heavy atom. The molecule has 0 saturated carbocycles. The first-order valence-corrected chi connectivity index (χ1v) is 11.7. The minimum Gasteiger partial charge on any atom is -0.475 e. The number of nitrogens with one attached hydrogen (secondary N) is 1. The van der Waals surface area contributed by atoms with E-state index in [1.165, 1.54) is 12.1 Å². The van der Waals surface area contributed by atoms with Crippen molar-refractivity contribution in [3.05, 3.63) is 35.4 Å². The minimum atomic E-state index is -5.08. The second-order valence-electron chi connectivity index (χ2n) is 8.08. The zero-order valence-electron chi connectivity index (χ0n) is 20.7. The molecule has 37 heavy (non-hydrogen) atoms. The number of alkyl halides is 6. The fraction of sp³-hybridized carbons (Fsp3) is 0.609. The van der Waals surface area contributed by atoms with E-state index in [4.69, 9.17) is 9.90 Å². The number of amides is 2. The van der Waals surface area contributed by atoms with E-state index in [9.17, 15) is 35.9 Å². The lowest BCUT2D eigenvalue weighted by atomic mass is 10.1. The van der Waals surface area contributed by atoms with Crippen molar-refractivity contribution >= 4 is 17.8 Å². The average Bonchev–Trinajstić information content (AvgIpc) is 2.85. The number of nitrogens with zero attached hydrogens (tertiary/aromatic N) is 3. The summed E-state index contributed by atoms with van der Waals surface area (Å²) in [6, 6.07) is 4.24. The van der Waals surface area contributed by atoms with Gasteiger partial charge in [0.15, 0.2) is 0 Å². The number of carbonyl (C=O) groups is 3. The molecule has 0 radical (unpaired) electrons. The number of halogens is 6. The van der Waals surface area contributed by atoms with Gasteiger partial charge in [-0.1, -0.05) is 13.8 Å². The Hall–Kier alpha value is -2.87. The summed E-state index contributed by atoms with van der Waals surface area (Å²) in [5.41, 5.74) is -0.597. The molecule has 0 spiro atoms. The Balaban J connectivity index is 0.000000856. The van der Waals surface area contributed by atoms with Gasteiger partial charge in [-0.2, -0.15) is 26.3 Å². The molecule has 1 saturated heterocycles. The summed E-state index contributed by atoms with van der Waals surface area (Å²) >= 11 is 0. The molecule has 0 unspecified atom stereocenters. The maximum Gasteiger partial charge on any atom is 0.490 e. The van der Waals surface area contributed by atoms with Gasteiger partial charge in [-0.3, -0.25) is 9.59 Å². The molecule has 2 amide bonds. The molecule has 8 nitrogen and oxygen atoms in total. The molecule has 210 valence electrons. The molecule has 1 aromatic carbocycles. The number of hydrogen-bond donors (Lipinski definition) is 2. The normalized spacial score (nSPS) is 14.1. The summed E-state index contributed by atoms with van der Waals surface area (Å²) in [7, 11) is 0. The molecule has 0 bridgehead atoms. The lowest BCUT2D eigenvalue weighted by Crippen LogP contribution is -2.47. The van der Waals surface area contributed by atoms with Gasteiger partial charge in [-0.05, 0) is 37.4 Å². The Labute approximate surface area is 211 Å². The molecule has 1 heterocycles. The minimum absolute atomic E-state index is 0.00967. The third-order valence-corrected chi connectivity index (χ3v) is 5.63. The number of aliphatic carboxylic acids is 1. The fourth-order valence-electron chi connectivity index (χ4n) is 3.40.